The van der Waals surface area contributed by atoms with Gasteiger partial charge in [-0.2, -0.15) is 0 Å². The van der Waals surface area contributed by atoms with Gasteiger partial charge in [0.2, 0.25) is 0 Å². The minimum atomic E-state index is -0.660. The van der Waals surface area contributed by atoms with Crippen LogP contribution in [0.3, 0.4) is 0 Å². The Bertz CT molecular complexity index is 557. The second-order valence-electron chi connectivity index (χ2n) is 3.65. The van der Waals surface area contributed by atoms with E-state index < -0.39 is 11.6 Å². The number of hydrogen-bond donors (Lipinski definition) is 0. The fourth-order valence-corrected chi connectivity index (χ4v) is 1.96. The van der Waals surface area contributed by atoms with Gasteiger partial charge in [-0.25, -0.2) is 8.78 Å². The van der Waals surface area contributed by atoms with Gasteiger partial charge in [-0.3, -0.25) is 0 Å². The lowest BCUT2D eigenvalue weighted by Gasteiger charge is -2.08. The van der Waals surface area contributed by atoms with E-state index in [9.17, 15) is 8.78 Å². The largest absolute Gasteiger partial charge is 0.206 e. The maximum absolute atomic E-state index is 13.8. The maximum Gasteiger partial charge on any atom is 0.134 e. The molecule has 0 saturated heterocycles. The van der Waals surface area contributed by atoms with Crippen molar-refractivity contribution in [2.24, 2.45) is 0 Å². The van der Waals surface area contributed by atoms with Gasteiger partial charge >= 0.3 is 0 Å². The molecule has 0 heterocycles. The summed E-state index contributed by atoms with van der Waals surface area (Å²) in [7, 11) is 0. The third kappa shape index (κ3) is 2.43. The van der Waals surface area contributed by atoms with Crippen LogP contribution in [0.2, 0.25) is 10.0 Å². The SMILES string of the molecule is Cc1cc(F)c(-c2cc(Cl)[c]cc2Cl)c(F)c1. The van der Waals surface area contributed by atoms with Crippen molar-refractivity contribution in [1.29, 1.82) is 0 Å². The van der Waals surface area contributed by atoms with Crippen molar-refractivity contribution >= 4 is 23.2 Å². The van der Waals surface area contributed by atoms with Crippen molar-refractivity contribution in [2.45, 2.75) is 6.92 Å². The third-order valence-corrected chi connectivity index (χ3v) is 2.85. The zero-order valence-corrected chi connectivity index (χ0v) is 10.3. The Balaban J connectivity index is 2.72. The van der Waals surface area contributed by atoms with Crippen molar-refractivity contribution < 1.29 is 8.78 Å². The Morgan fingerprint density at radius 2 is 1.65 bits per heavy atom. The Morgan fingerprint density at radius 1 is 1.06 bits per heavy atom. The zero-order chi connectivity index (χ0) is 12.6. The molecule has 0 amide bonds. The Morgan fingerprint density at radius 3 is 2.24 bits per heavy atom. The Hall–Kier alpha value is -1.12. The van der Waals surface area contributed by atoms with Gasteiger partial charge in [-0.05, 0) is 36.8 Å². The van der Waals surface area contributed by atoms with Gasteiger partial charge in [0.1, 0.15) is 11.6 Å². The van der Waals surface area contributed by atoms with Crippen molar-refractivity contribution in [2.75, 3.05) is 0 Å². The molecule has 0 aliphatic heterocycles. The number of aryl methyl sites for hydroxylation is 1. The van der Waals surface area contributed by atoms with E-state index in [2.05, 4.69) is 6.07 Å². The van der Waals surface area contributed by atoms with E-state index in [0.717, 1.165) is 0 Å². The van der Waals surface area contributed by atoms with Crippen LogP contribution in [0.1, 0.15) is 5.56 Å². The smallest absolute Gasteiger partial charge is 0.134 e. The molecule has 0 aromatic heterocycles. The summed E-state index contributed by atoms with van der Waals surface area (Å²) in [6.07, 6.45) is 0. The highest BCUT2D eigenvalue weighted by molar-refractivity contribution is 6.35. The van der Waals surface area contributed by atoms with E-state index in [1.807, 2.05) is 0 Å². The van der Waals surface area contributed by atoms with Gasteiger partial charge < -0.3 is 0 Å². The second-order valence-corrected chi connectivity index (χ2v) is 4.46. The highest BCUT2D eigenvalue weighted by atomic mass is 35.5. The lowest BCUT2D eigenvalue weighted by atomic mass is 10.0. The minimum absolute atomic E-state index is 0.170. The molecule has 87 valence electrons. The van der Waals surface area contributed by atoms with E-state index >= 15 is 0 Å². The first-order valence-electron chi connectivity index (χ1n) is 4.82. The molecule has 0 aliphatic carbocycles. The first kappa shape index (κ1) is 12.3. The molecule has 0 nitrogen and oxygen atoms in total. The van der Waals surface area contributed by atoms with E-state index in [1.165, 1.54) is 24.3 Å². The average Bonchev–Trinajstić information content (AvgIpc) is 2.21. The van der Waals surface area contributed by atoms with Gasteiger partial charge in [0.05, 0.1) is 5.56 Å². The average molecular weight is 272 g/mol. The zero-order valence-electron chi connectivity index (χ0n) is 8.82. The van der Waals surface area contributed by atoms with Crippen LogP contribution in [0.4, 0.5) is 8.78 Å². The van der Waals surface area contributed by atoms with Crippen molar-refractivity contribution in [3.05, 3.63) is 57.6 Å². The molecule has 4 heteroatoms. The quantitative estimate of drug-likeness (QED) is 0.681. The molecule has 0 saturated carbocycles. The van der Waals surface area contributed by atoms with Crippen LogP contribution in [0.15, 0.2) is 24.3 Å². The molecule has 0 N–H and O–H groups in total. The van der Waals surface area contributed by atoms with E-state index in [4.69, 9.17) is 23.2 Å². The maximum atomic E-state index is 13.8. The van der Waals surface area contributed by atoms with Crippen LogP contribution < -0.4 is 0 Å². The predicted octanol–water partition coefficient (Wildman–Crippen LogP) is 5.05. The molecular weight excluding hydrogens is 265 g/mol. The lowest BCUT2D eigenvalue weighted by Crippen LogP contribution is -1.92. The van der Waals surface area contributed by atoms with Crippen molar-refractivity contribution in [3.63, 3.8) is 0 Å². The van der Waals surface area contributed by atoms with E-state index in [0.29, 0.717) is 5.56 Å². The topological polar surface area (TPSA) is 0 Å². The first-order chi connectivity index (χ1) is 7.99. The first-order valence-corrected chi connectivity index (χ1v) is 5.57. The van der Waals surface area contributed by atoms with Crippen LogP contribution in [0, 0.1) is 24.6 Å². The summed E-state index contributed by atoms with van der Waals surface area (Å²) in [6.45, 7) is 1.61. The van der Waals surface area contributed by atoms with Crippen LogP contribution in [0.5, 0.6) is 0 Å². The number of benzene rings is 2. The highest BCUT2D eigenvalue weighted by Gasteiger charge is 2.15. The van der Waals surface area contributed by atoms with Gasteiger partial charge in [0.25, 0.3) is 0 Å². The predicted molar refractivity (Wildman–Crippen MR) is 65.4 cm³/mol. The summed E-state index contributed by atoms with van der Waals surface area (Å²) in [5.41, 5.74) is 0.565. The summed E-state index contributed by atoms with van der Waals surface area (Å²) in [5.74, 6) is -1.32. The monoisotopic (exact) mass is 271 g/mol. The molecule has 2 aromatic rings. The standard InChI is InChI=1S/C13H7Cl2F2/c1-7-4-11(16)13(12(17)5-7)9-6-8(14)2-3-10(9)15/h3-6H,1H3. The van der Waals surface area contributed by atoms with Crippen LogP contribution in [-0.4, -0.2) is 0 Å². The molecule has 17 heavy (non-hydrogen) atoms. The molecular formula is C13H7Cl2F2. The van der Waals surface area contributed by atoms with Gasteiger partial charge in [-0.1, -0.05) is 23.2 Å². The molecule has 0 atom stereocenters. The molecule has 0 fully saturated rings. The Labute approximate surface area is 108 Å². The molecule has 2 aromatic carbocycles. The van der Waals surface area contributed by atoms with Crippen LogP contribution in [-0.2, 0) is 0 Å². The molecule has 1 radical (unpaired) electrons. The summed E-state index contributed by atoms with van der Waals surface area (Å²) in [5, 5.41) is 0.458. The van der Waals surface area contributed by atoms with Gasteiger partial charge in [-0.15, -0.1) is 0 Å². The highest BCUT2D eigenvalue weighted by Crippen LogP contribution is 2.34. The summed E-state index contributed by atoms with van der Waals surface area (Å²) in [4.78, 5) is 0. The normalized spacial score (nSPS) is 10.6. The minimum Gasteiger partial charge on any atom is -0.206 e. The molecule has 0 unspecified atom stereocenters. The number of hydrogen-bond acceptors (Lipinski definition) is 0. The fourth-order valence-electron chi connectivity index (χ4n) is 1.60. The van der Waals surface area contributed by atoms with Crippen LogP contribution in [0.25, 0.3) is 11.1 Å². The second kappa shape index (κ2) is 4.63. The molecule has 0 bridgehead atoms. The van der Waals surface area contributed by atoms with Gasteiger partial charge in [0.15, 0.2) is 0 Å². The fraction of sp³-hybridized carbons (Fsp3) is 0.0769. The third-order valence-electron chi connectivity index (χ3n) is 2.32. The lowest BCUT2D eigenvalue weighted by molar-refractivity contribution is 0.588. The van der Waals surface area contributed by atoms with E-state index in [1.54, 1.807) is 6.92 Å². The summed E-state index contributed by atoms with van der Waals surface area (Å²) < 4.78 is 27.5. The molecule has 0 spiro atoms. The summed E-state index contributed by atoms with van der Waals surface area (Å²) >= 11 is 11.6. The van der Waals surface area contributed by atoms with Crippen molar-refractivity contribution in [1.82, 2.24) is 0 Å². The van der Waals surface area contributed by atoms with E-state index in [-0.39, 0.29) is 21.2 Å². The van der Waals surface area contributed by atoms with Gasteiger partial charge in [0, 0.05) is 21.7 Å². The molecule has 0 aliphatic rings. The number of rotatable bonds is 1. The van der Waals surface area contributed by atoms with Crippen molar-refractivity contribution in [3.8, 4) is 11.1 Å². The van der Waals surface area contributed by atoms with Crippen LogP contribution >= 0.6 is 23.2 Å². The Kier molecular flexibility index (Phi) is 3.36. The number of halogens is 4. The molecule has 2 rings (SSSR count). The summed E-state index contributed by atoms with van der Waals surface area (Å²) in [6, 6.07) is 7.92.